The summed E-state index contributed by atoms with van der Waals surface area (Å²) >= 11 is 12.3. The van der Waals surface area contributed by atoms with Crippen LogP contribution < -0.4 is 16.0 Å². The highest BCUT2D eigenvalue weighted by Gasteiger charge is 2.42. The number of hydrogen-bond donors (Lipinski definition) is 2. The van der Waals surface area contributed by atoms with Gasteiger partial charge in [0.05, 0.1) is 16.2 Å². The Morgan fingerprint density at radius 1 is 1.27 bits per heavy atom. The second-order valence-corrected chi connectivity index (χ2v) is 6.49. The number of halogens is 2. The molecule has 4 rings (SSSR count). The lowest BCUT2D eigenvalue weighted by molar-refractivity contribution is 0.362. The first-order valence-electron chi connectivity index (χ1n) is 7.19. The zero-order valence-corrected chi connectivity index (χ0v) is 13.3. The molecule has 2 aromatic rings. The zero-order valence-electron chi connectivity index (χ0n) is 11.8. The van der Waals surface area contributed by atoms with E-state index in [2.05, 4.69) is 20.2 Å². The monoisotopic (exact) mass is 335 g/mol. The van der Waals surface area contributed by atoms with Gasteiger partial charge in [0, 0.05) is 37.2 Å². The third-order valence-electron chi connectivity index (χ3n) is 4.42. The maximum Gasteiger partial charge on any atom is 0.152 e. The van der Waals surface area contributed by atoms with Crippen molar-refractivity contribution in [2.75, 3.05) is 30.3 Å². The maximum atomic E-state index is 6.24. The Bertz CT molecular complexity index is 736. The van der Waals surface area contributed by atoms with Crippen LogP contribution in [0.5, 0.6) is 0 Å². The molecule has 22 heavy (non-hydrogen) atoms. The van der Waals surface area contributed by atoms with Gasteiger partial charge in [-0.3, -0.25) is 0 Å². The first-order valence-corrected chi connectivity index (χ1v) is 7.95. The topological polar surface area (TPSA) is 67.1 Å². The summed E-state index contributed by atoms with van der Waals surface area (Å²) in [6.45, 7) is 3.08. The van der Waals surface area contributed by atoms with Crippen molar-refractivity contribution in [3.8, 4) is 11.3 Å². The first kappa shape index (κ1) is 14.1. The molecule has 2 saturated heterocycles. The van der Waals surface area contributed by atoms with Crippen LogP contribution in [0.3, 0.4) is 0 Å². The van der Waals surface area contributed by atoms with Crippen LogP contribution in [0, 0.1) is 5.92 Å². The number of nitrogens with zero attached hydrogens (tertiary/aromatic N) is 3. The summed E-state index contributed by atoms with van der Waals surface area (Å²) in [4.78, 5) is 11.2. The van der Waals surface area contributed by atoms with Gasteiger partial charge in [0.1, 0.15) is 11.5 Å². The van der Waals surface area contributed by atoms with Crippen LogP contribution in [0.1, 0.15) is 0 Å². The Balaban J connectivity index is 1.67. The van der Waals surface area contributed by atoms with Crippen molar-refractivity contribution >= 4 is 34.8 Å². The molecule has 0 radical (unpaired) electrons. The van der Waals surface area contributed by atoms with Crippen molar-refractivity contribution in [2.45, 2.75) is 6.04 Å². The molecule has 2 fully saturated rings. The molecule has 0 amide bonds. The van der Waals surface area contributed by atoms with E-state index in [-0.39, 0.29) is 0 Å². The molecule has 3 heterocycles. The van der Waals surface area contributed by atoms with E-state index in [9.17, 15) is 0 Å². The number of rotatable bonds is 2. The summed E-state index contributed by atoms with van der Waals surface area (Å²) < 4.78 is 0. The molecule has 7 heteroatoms. The predicted molar refractivity (Wildman–Crippen MR) is 89.4 cm³/mol. The standard InChI is InChI=1S/C15H15Cl2N5/c16-10-3-1-2-9(13(10)17)14-15(18)21-12(6-20-14)22-7-8-4-19-5-11(8)22/h1-3,6,8,11,19H,4-5,7H2,(H2,18,21). The maximum absolute atomic E-state index is 6.24. The Hall–Kier alpha value is -1.56. The van der Waals surface area contributed by atoms with Gasteiger partial charge in [0.2, 0.25) is 0 Å². The fraction of sp³-hybridized carbons (Fsp3) is 0.333. The summed E-state index contributed by atoms with van der Waals surface area (Å²) in [5.41, 5.74) is 7.38. The van der Waals surface area contributed by atoms with Gasteiger partial charge in [-0.05, 0) is 6.07 Å². The SMILES string of the molecule is Nc1nc(N2CC3CNCC32)cnc1-c1cccc(Cl)c1Cl. The van der Waals surface area contributed by atoms with E-state index < -0.39 is 0 Å². The minimum Gasteiger partial charge on any atom is -0.382 e. The summed E-state index contributed by atoms with van der Waals surface area (Å²) in [6, 6.07) is 5.91. The van der Waals surface area contributed by atoms with E-state index in [0.29, 0.717) is 39.1 Å². The summed E-state index contributed by atoms with van der Waals surface area (Å²) in [5.74, 6) is 1.91. The number of nitrogen functional groups attached to an aromatic ring is 1. The molecule has 2 aliphatic rings. The molecule has 114 valence electrons. The average Bonchev–Trinajstić information content (AvgIpc) is 2.84. The van der Waals surface area contributed by atoms with E-state index in [1.165, 1.54) is 0 Å². The van der Waals surface area contributed by atoms with Crippen molar-refractivity contribution in [1.29, 1.82) is 0 Å². The summed E-state index contributed by atoms with van der Waals surface area (Å²) in [5, 5.41) is 4.32. The van der Waals surface area contributed by atoms with Gasteiger partial charge >= 0.3 is 0 Å². The quantitative estimate of drug-likeness (QED) is 0.882. The third-order valence-corrected chi connectivity index (χ3v) is 5.24. The summed E-state index contributed by atoms with van der Waals surface area (Å²) in [6.07, 6.45) is 1.76. The lowest BCUT2D eigenvalue weighted by Gasteiger charge is -2.44. The van der Waals surface area contributed by atoms with Gasteiger partial charge in [-0.2, -0.15) is 0 Å². The van der Waals surface area contributed by atoms with Gasteiger partial charge in [-0.15, -0.1) is 0 Å². The van der Waals surface area contributed by atoms with Gasteiger partial charge in [-0.25, -0.2) is 9.97 Å². The molecule has 0 saturated carbocycles. The Kier molecular flexibility index (Phi) is 3.36. The Morgan fingerprint density at radius 2 is 2.14 bits per heavy atom. The number of hydrogen-bond acceptors (Lipinski definition) is 5. The molecule has 1 aromatic heterocycles. The smallest absolute Gasteiger partial charge is 0.152 e. The molecule has 0 bridgehead atoms. The van der Waals surface area contributed by atoms with Crippen LogP contribution in [0.15, 0.2) is 24.4 Å². The van der Waals surface area contributed by atoms with Gasteiger partial charge in [0.15, 0.2) is 5.82 Å². The van der Waals surface area contributed by atoms with Crippen molar-refractivity contribution < 1.29 is 0 Å². The van der Waals surface area contributed by atoms with E-state index >= 15 is 0 Å². The molecule has 2 aliphatic heterocycles. The van der Waals surface area contributed by atoms with Gasteiger partial charge < -0.3 is 16.0 Å². The largest absolute Gasteiger partial charge is 0.382 e. The predicted octanol–water partition coefficient (Wildman–Crippen LogP) is 2.44. The number of benzene rings is 1. The molecule has 1 aromatic carbocycles. The molecule has 2 unspecified atom stereocenters. The first-order chi connectivity index (χ1) is 10.6. The molecule has 0 aliphatic carbocycles. The number of aromatic nitrogens is 2. The van der Waals surface area contributed by atoms with Crippen molar-refractivity contribution in [1.82, 2.24) is 15.3 Å². The normalized spacial score (nSPS) is 23.3. The molecular formula is C15H15Cl2N5. The Labute approximate surface area is 138 Å². The molecule has 2 atom stereocenters. The molecular weight excluding hydrogens is 321 g/mol. The highest BCUT2D eigenvalue weighted by molar-refractivity contribution is 6.43. The minimum absolute atomic E-state index is 0.371. The molecule has 3 N–H and O–H groups in total. The van der Waals surface area contributed by atoms with Crippen molar-refractivity contribution in [2.24, 2.45) is 5.92 Å². The summed E-state index contributed by atoms with van der Waals surface area (Å²) in [7, 11) is 0. The minimum atomic E-state index is 0.371. The van der Waals surface area contributed by atoms with Crippen LogP contribution in [0.25, 0.3) is 11.3 Å². The van der Waals surface area contributed by atoms with Crippen LogP contribution in [-0.4, -0.2) is 35.6 Å². The van der Waals surface area contributed by atoms with E-state index in [4.69, 9.17) is 28.9 Å². The fourth-order valence-electron chi connectivity index (χ4n) is 3.21. The van der Waals surface area contributed by atoms with Crippen LogP contribution in [0.2, 0.25) is 10.0 Å². The molecule has 5 nitrogen and oxygen atoms in total. The van der Waals surface area contributed by atoms with E-state index in [0.717, 1.165) is 25.5 Å². The highest BCUT2D eigenvalue weighted by atomic mass is 35.5. The average molecular weight is 336 g/mol. The van der Waals surface area contributed by atoms with Crippen LogP contribution in [-0.2, 0) is 0 Å². The lowest BCUT2D eigenvalue weighted by Crippen LogP contribution is -2.56. The Morgan fingerprint density at radius 3 is 2.91 bits per heavy atom. The number of anilines is 2. The van der Waals surface area contributed by atoms with Gasteiger partial charge in [-0.1, -0.05) is 35.3 Å². The number of nitrogens with one attached hydrogen (secondary N) is 1. The number of nitrogens with two attached hydrogens (primary N) is 1. The van der Waals surface area contributed by atoms with E-state index in [1.807, 2.05) is 12.1 Å². The second kappa shape index (κ2) is 5.26. The number of fused-ring (bicyclic) bond motifs is 1. The highest BCUT2D eigenvalue weighted by Crippen LogP contribution is 2.37. The lowest BCUT2D eigenvalue weighted by atomic mass is 9.92. The zero-order chi connectivity index (χ0) is 15.3. The van der Waals surface area contributed by atoms with Crippen LogP contribution in [0.4, 0.5) is 11.6 Å². The third kappa shape index (κ3) is 2.12. The molecule has 0 spiro atoms. The second-order valence-electron chi connectivity index (χ2n) is 5.70. The van der Waals surface area contributed by atoms with Gasteiger partial charge in [0.25, 0.3) is 0 Å². The fourth-order valence-corrected chi connectivity index (χ4v) is 3.60. The van der Waals surface area contributed by atoms with Crippen LogP contribution >= 0.6 is 23.2 Å². The van der Waals surface area contributed by atoms with Crippen molar-refractivity contribution in [3.63, 3.8) is 0 Å². The van der Waals surface area contributed by atoms with Crippen molar-refractivity contribution in [3.05, 3.63) is 34.4 Å². The van der Waals surface area contributed by atoms with E-state index in [1.54, 1.807) is 12.3 Å².